The van der Waals surface area contributed by atoms with Crippen LogP contribution in [0.5, 0.6) is 0 Å². The van der Waals surface area contributed by atoms with Gasteiger partial charge in [0.1, 0.15) is 22.1 Å². The van der Waals surface area contributed by atoms with E-state index in [1.165, 1.54) is 7.11 Å². The Morgan fingerprint density at radius 1 is 1.36 bits per heavy atom. The Morgan fingerprint density at radius 3 is 2.50 bits per heavy atom. The summed E-state index contributed by atoms with van der Waals surface area (Å²) in [6, 6.07) is 8.52. The molecule has 0 unspecified atom stereocenters. The fourth-order valence-electron chi connectivity index (χ4n) is 2.05. The van der Waals surface area contributed by atoms with E-state index >= 15 is 0 Å². The maximum absolute atomic E-state index is 11.5. The maximum atomic E-state index is 11.5. The van der Waals surface area contributed by atoms with E-state index in [1.807, 2.05) is 6.07 Å². The van der Waals surface area contributed by atoms with Gasteiger partial charge in [-0.1, -0.05) is 30.3 Å². The number of aromatic nitrogens is 1. The summed E-state index contributed by atoms with van der Waals surface area (Å²) in [7, 11) is 1.30. The molecule has 0 saturated carbocycles. The number of hydrogen-bond donors (Lipinski definition) is 2. The van der Waals surface area contributed by atoms with Gasteiger partial charge in [-0.25, -0.2) is 4.79 Å². The number of H-pyrrole nitrogens is 1. The summed E-state index contributed by atoms with van der Waals surface area (Å²) in [5, 5.41) is 9.33. The Kier molecular flexibility index (Phi) is 4.26. The summed E-state index contributed by atoms with van der Waals surface area (Å²) in [4.78, 5) is 14.2. The van der Waals surface area contributed by atoms with Crippen molar-refractivity contribution in [1.29, 1.82) is 5.26 Å². The van der Waals surface area contributed by atoms with Gasteiger partial charge in [-0.15, -0.1) is 6.42 Å². The fraction of sp³-hybridized carbons (Fsp3) is 0.0625. The molecule has 5 nitrogen and oxygen atoms in total. The average molecular weight is 309 g/mol. The van der Waals surface area contributed by atoms with Crippen LogP contribution < -0.4 is 5.73 Å². The third kappa shape index (κ3) is 2.56. The minimum Gasteiger partial charge on any atom is -0.465 e. The Bertz CT molecular complexity index is 884. The molecule has 6 heteroatoms. The normalized spacial score (nSPS) is 9.59. The second-order valence-electron chi connectivity index (χ2n) is 4.32. The summed E-state index contributed by atoms with van der Waals surface area (Å²) in [6.45, 7) is 0. The highest BCUT2D eigenvalue weighted by Crippen LogP contribution is 2.30. The van der Waals surface area contributed by atoms with Crippen LogP contribution in [0.3, 0.4) is 0 Å². The number of esters is 1. The lowest BCUT2D eigenvalue weighted by molar-refractivity contribution is 0.0601. The van der Waals surface area contributed by atoms with Gasteiger partial charge in [-0.3, -0.25) is 0 Å². The van der Waals surface area contributed by atoms with E-state index in [1.54, 1.807) is 24.3 Å². The van der Waals surface area contributed by atoms with Gasteiger partial charge in [0.15, 0.2) is 0 Å². The van der Waals surface area contributed by atoms with Crippen molar-refractivity contribution in [3.63, 3.8) is 0 Å². The van der Waals surface area contributed by atoms with E-state index in [9.17, 15) is 10.1 Å². The highest BCUT2D eigenvalue weighted by molar-refractivity contribution is 7.71. The molecule has 2 rings (SSSR count). The van der Waals surface area contributed by atoms with Crippen LogP contribution in [-0.2, 0) is 4.74 Å². The molecule has 0 saturated heterocycles. The van der Waals surface area contributed by atoms with Crippen molar-refractivity contribution < 1.29 is 9.53 Å². The van der Waals surface area contributed by atoms with Gasteiger partial charge in [-0.2, -0.15) is 5.26 Å². The molecule has 0 aliphatic heterocycles. The first-order valence-electron chi connectivity index (χ1n) is 6.14. The van der Waals surface area contributed by atoms with Gasteiger partial charge >= 0.3 is 5.97 Å². The van der Waals surface area contributed by atoms with Crippen molar-refractivity contribution in [3.8, 4) is 29.5 Å². The first-order chi connectivity index (χ1) is 10.5. The van der Waals surface area contributed by atoms with Crippen LogP contribution in [-0.4, -0.2) is 18.1 Å². The number of benzene rings is 1. The molecule has 0 aliphatic carbocycles. The lowest BCUT2D eigenvalue weighted by Crippen LogP contribution is -2.03. The number of nitrogens with zero attached hydrogens (tertiary/aromatic N) is 1. The van der Waals surface area contributed by atoms with E-state index in [0.29, 0.717) is 22.3 Å². The van der Waals surface area contributed by atoms with Crippen LogP contribution in [0.15, 0.2) is 24.3 Å². The third-order valence-corrected chi connectivity index (χ3v) is 3.40. The monoisotopic (exact) mass is 309 g/mol. The lowest BCUT2D eigenvalue weighted by Gasteiger charge is -2.11. The van der Waals surface area contributed by atoms with E-state index < -0.39 is 5.97 Å². The molecule has 0 radical (unpaired) electrons. The molecule has 0 amide bonds. The van der Waals surface area contributed by atoms with Crippen LogP contribution in [0.4, 0.5) is 5.82 Å². The molecule has 1 heterocycles. The predicted octanol–water partition coefficient (Wildman–Crippen LogP) is 2.63. The number of nitrogens with two attached hydrogens (primary N) is 1. The van der Waals surface area contributed by atoms with E-state index in [-0.39, 0.29) is 16.0 Å². The molecular weight excluding hydrogens is 298 g/mol. The Labute approximate surface area is 132 Å². The molecule has 1 aromatic carbocycles. The number of methoxy groups -OCH3 is 1. The smallest absolute Gasteiger partial charge is 0.337 e. The average Bonchev–Trinajstić information content (AvgIpc) is 2.53. The van der Waals surface area contributed by atoms with Crippen molar-refractivity contribution >= 4 is 24.0 Å². The fourth-order valence-corrected chi connectivity index (χ4v) is 2.32. The zero-order valence-electron chi connectivity index (χ0n) is 11.6. The van der Waals surface area contributed by atoms with Gasteiger partial charge in [0.05, 0.1) is 18.2 Å². The van der Waals surface area contributed by atoms with Crippen LogP contribution >= 0.6 is 12.2 Å². The zero-order chi connectivity index (χ0) is 16.3. The van der Waals surface area contributed by atoms with Crippen LogP contribution in [0.25, 0.3) is 11.1 Å². The summed E-state index contributed by atoms with van der Waals surface area (Å²) >= 11 is 5.16. The highest BCUT2D eigenvalue weighted by Gasteiger charge is 2.16. The molecule has 22 heavy (non-hydrogen) atoms. The number of nitrogens with one attached hydrogen (secondary N) is 1. The standard InChI is InChI=1S/C16H11N3O2S/c1-3-11-13(12(8-17)14(18)19-15(11)22)9-4-6-10(7-5-9)16(20)21-2/h1,4-7H,2H3,(H3,18,19,22). The Hall–Kier alpha value is -3.09. The van der Waals surface area contributed by atoms with Gasteiger partial charge < -0.3 is 15.5 Å². The van der Waals surface area contributed by atoms with E-state index in [0.717, 1.165) is 0 Å². The predicted molar refractivity (Wildman–Crippen MR) is 85.5 cm³/mol. The van der Waals surface area contributed by atoms with Gasteiger partial charge in [0.2, 0.25) is 0 Å². The summed E-state index contributed by atoms with van der Waals surface area (Å²) in [5.41, 5.74) is 7.91. The summed E-state index contributed by atoms with van der Waals surface area (Å²) < 4.78 is 4.93. The third-order valence-electron chi connectivity index (χ3n) is 3.10. The molecule has 0 spiro atoms. The number of terminal acetylenes is 1. The lowest BCUT2D eigenvalue weighted by atomic mass is 9.96. The number of rotatable bonds is 2. The van der Waals surface area contributed by atoms with E-state index in [4.69, 9.17) is 24.4 Å². The molecule has 0 atom stereocenters. The minimum absolute atomic E-state index is 0.151. The van der Waals surface area contributed by atoms with E-state index in [2.05, 4.69) is 15.6 Å². The van der Waals surface area contributed by atoms with Crippen molar-refractivity contribution in [1.82, 2.24) is 4.98 Å². The number of ether oxygens (including phenoxy) is 1. The molecule has 0 fully saturated rings. The molecule has 0 aliphatic rings. The first-order valence-corrected chi connectivity index (χ1v) is 6.55. The number of pyridine rings is 1. The quantitative estimate of drug-likeness (QED) is 0.505. The molecule has 3 N–H and O–H groups in total. The summed E-state index contributed by atoms with van der Waals surface area (Å²) in [5.74, 6) is 2.18. The SMILES string of the molecule is C#Cc1c(-c2ccc(C(=O)OC)cc2)c(C#N)c(N)[nH]c1=S. The van der Waals surface area contributed by atoms with Crippen LogP contribution in [0.1, 0.15) is 21.5 Å². The van der Waals surface area contributed by atoms with Crippen molar-refractivity contribution in [3.05, 3.63) is 45.6 Å². The largest absolute Gasteiger partial charge is 0.465 e. The number of nitrogen functional groups attached to an aromatic ring is 1. The Balaban J connectivity index is 2.72. The molecule has 0 bridgehead atoms. The number of hydrogen-bond acceptors (Lipinski definition) is 5. The second kappa shape index (κ2) is 6.13. The highest BCUT2D eigenvalue weighted by atomic mass is 32.1. The zero-order valence-corrected chi connectivity index (χ0v) is 12.5. The first kappa shape index (κ1) is 15.3. The second-order valence-corrected chi connectivity index (χ2v) is 4.73. The molecule has 2 aromatic rings. The number of carbonyl (C=O) groups excluding carboxylic acids is 1. The van der Waals surface area contributed by atoms with Gasteiger partial charge in [-0.05, 0) is 17.7 Å². The maximum Gasteiger partial charge on any atom is 0.337 e. The van der Waals surface area contributed by atoms with Crippen LogP contribution in [0.2, 0.25) is 0 Å². The molecule has 108 valence electrons. The van der Waals surface area contributed by atoms with Gasteiger partial charge in [0, 0.05) is 5.56 Å². The number of carbonyl (C=O) groups is 1. The summed E-state index contributed by atoms with van der Waals surface area (Å²) in [6.07, 6.45) is 5.50. The van der Waals surface area contributed by atoms with Crippen molar-refractivity contribution in [2.75, 3.05) is 12.8 Å². The van der Waals surface area contributed by atoms with Crippen LogP contribution in [0, 0.1) is 28.3 Å². The molecule has 1 aromatic heterocycles. The molecular formula is C16H11N3O2S. The topological polar surface area (TPSA) is 91.9 Å². The number of nitriles is 1. The number of anilines is 1. The Morgan fingerprint density at radius 2 is 2.00 bits per heavy atom. The number of aromatic amines is 1. The van der Waals surface area contributed by atoms with Crippen molar-refractivity contribution in [2.24, 2.45) is 0 Å². The van der Waals surface area contributed by atoms with Crippen molar-refractivity contribution in [2.45, 2.75) is 0 Å². The van der Waals surface area contributed by atoms with Gasteiger partial charge in [0.25, 0.3) is 0 Å². The minimum atomic E-state index is -0.450.